The second kappa shape index (κ2) is 7.19. The molecular weight excluding hydrogens is 378 g/mol. The van der Waals surface area contributed by atoms with Gasteiger partial charge in [-0.25, -0.2) is 0 Å². The Labute approximate surface area is 165 Å². The van der Waals surface area contributed by atoms with Crippen LogP contribution in [0.2, 0.25) is 0 Å². The first-order chi connectivity index (χ1) is 14.0. The van der Waals surface area contributed by atoms with E-state index in [4.69, 9.17) is 9.15 Å². The van der Waals surface area contributed by atoms with Crippen LogP contribution in [0.1, 0.15) is 27.8 Å². The molecule has 2 aromatic carbocycles. The highest BCUT2D eigenvalue weighted by atomic mass is 16.6. The molecule has 148 valence electrons. The number of nitro benzene ring substituents is 1. The Bertz CT molecular complexity index is 1080. The number of nitro groups is 1. The fourth-order valence-corrected chi connectivity index (χ4v) is 3.34. The number of carbonyl (C=O) groups is 1. The Morgan fingerprint density at radius 1 is 1.24 bits per heavy atom. The molecule has 1 atom stereocenters. The van der Waals surface area contributed by atoms with Crippen molar-refractivity contribution in [2.24, 2.45) is 0 Å². The number of para-hydroxylation sites is 1. The van der Waals surface area contributed by atoms with Crippen molar-refractivity contribution >= 4 is 17.3 Å². The molecule has 0 saturated carbocycles. The van der Waals surface area contributed by atoms with Crippen molar-refractivity contribution in [3.8, 4) is 11.5 Å². The Morgan fingerprint density at radius 2 is 2.03 bits per heavy atom. The molecule has 1 N–H and O–H groups in total. The van der Waals surface area contributed by atoms with E-state index >= 15 is 0 Å². The van der Waals surface area contributed by atoms with Crippen LogP contribution in [-0.4, -0.2) is 22.8 Å². The molecule has 29 heavy (non-hydrogen) atoms. The van der Waals surface area contributed by atoms with Crippen LogP contribution in [0.3, 0.4) is 0 Å². The SMILES string of the molecule is COc1cc([C@@H]2Nc3ccccc3C(=O)N2Cc2ccco2)cc([N+](=O)[O-])c1[O-]. The van der Waals surface area contributed by atoms with Gasteiger partial charge in [0.25, 0.3) is 11.6 Å². The molecule has 1 aromatic heterocycles. The maximum atomic E-state index is 13.2. The average Bonchev–Trinajstić information content (AvgIpc) is 3.23. The van der Waals surface area contributed by atoms with Crippen LogP contribution >= 0.6 is 0 Å². The second-order valence-electron chi connectivity index (χ2n) is 6.43. The predicted octanol–water partition coefficient (Wildman–Crippen LogP) is 3.04. The summed E-state index contributed by atoms with van der Waals surface area (Å²) in [6, 6.07) is 13.0. The minimum atomic E-state index is -0.818. The zero-order valence-electron chi connectivity index (χ0n) is 15.3. The smallest absolute Gasteiger partial charge is 0.265 e. The summed E-state index contributed by atoms with van der Waals surface area (Å²) in [4.78, 5) is 25.3. The van der Waals surface area contributed by atoms with E-state index in [1.54, 1.807) is 36.4 Å². The van der Waals surface area contributed by atoms with Crippen LogP contribution in [0.5, 0.6) is 11.5 Å². The molecule has 0 aliphatic carbocycles. The van der Waals surface area contributed by atoms with Gasteiger partial charge in [-0.2, -0.15) is 0 Å². The van der Waals surface area contributed by atoms with Crippen molar-refractivity contribution in [2.45, 2.75) is 12.7 Å². The van der Waals surface area contributed by atoms with Gasteiger partial charge < -0.3 is 24.5 Å². The molecule has 0 spiro atoms. The number of nitrogens with zero attached hydrogens (tertiary/aromatic N) is 2. The molecule has 2 heterocycles. The molecule has 0 fully saturated rings. The highest BCUT2D eigenvalue weighted by Crippen LogP contribution is 2.40. The number of benzene rings is 2. The van der Waals surface area contributed by atoms with Crippen LogP contribution < -0.4 is 15.2 Å². The summed E-state index contributed by atoms with van der Waals surface area (Å²) < 4.78 is 10.4. The van der Waals surface area contributed by atoms with Gasteiger partial charge in [-0.3, -0.25) is 14.9 Å². The predicted molar refractivity (Wildman–Crippen MR) is 100 cm³/mol. The van der Waals surface area contributed by atoms with E-state index in [-0.39, 0.29) is 18.2 Å². The van der Waals surface area contributed by atoms with Crippen LogP contribution in [0.4, 0.5) is 11.4 Å². The lowest BCUT2D eigenvalue weighted by molar-refractivity contribution is -0.398. The Morgan fingerprint density at radius 3 is 2.72 bits per heavy atom. The number of anilines is 1. The number of nitrogens with one attached hydrogen (secondary N) is 1. The first-order valence-corrected chi connectivity index (χ1v) is 8.72. The summed E-state index contributed by atoms with van der Waals surface area (Å²) in [7, 11) is 1.26. The molecule has 1 aliphatic rings. The van der Waals surface area contributed by atoms with Gasteiger partial charge in [0.2, 0.25) is 0 Å². The first-order valence-electron chi connectivity index (χ1n) is 8.72. The largest absolute Gasteiger partial charge is 0.865 e. The quantitative estimate of drug-likeness (QED) is 0.521. The summed E-state index contributed by atoms with van der Waals surface area (Å²) in [5.41, 5.74) is 0.788. The highest BCUT2D eigenvalue weighted by Gasteiger charge is 2.34. The van der Waals surface area contributed by atoms with Gasteiger partial charge in [0, 0.05) is 23.1 Å². The van der Waals surface area contributed by atoms with E-state index in [0.717, 1.165) is 0 Å². The highest BCUT2D eigenvalue weighted by molar-refractivity contribution is 6.01. The lowest BCUT2D eigenvalue weighted by Crippen LogP contribution is -2.42. The second-order valence-corrected chi connectivity index (χ2v) is 6.43. The first kappa shape index (κ1) is 18.4. The standard InChI is InChI=1S/C20H17N3O6/c1-28-17-10-12(9-16(18(17)24)23(26)27)19-21-15-7-3-2-6-14(15)20(25)22(19)11-13-5-4-8-29-13/h2-10,19,21,24H,11H2,1H3/p-1/t19-/m1/s1. The zero-order chi connectivity index (χ0) is 20.5. The number of rotatable bonds is 5. The third-order valence-corrected chi connectivity index (χ3v) is 4.72. The summed E-state index contributed by atoms with van der Waals surface area (Å²) >= 11 is 0. The lowest BCUT2D eigenvalue weighted by Gasteiger charge is -2.38. The van der Waals surface area contributed by atoms with E-state index in [0.29, 0.717) is 22.6 Å². The topological polar surface area (TPSA) is 121 Å². The van der Waals surface area contributed by atoms with Crippen molar-refractivity contribution in [3.05, 3.63) is 81.8 Å². The molecule has 9 heteroatoms. The molecule has 0 radical (unpaired) electrons. The monoisotopic (exact) mass is 394 g/mol. The molecule has 0 saturated heterocycles. The van der Waals surface area contributed by atoms with Crippen LogP contribution in [0.25, 0.3) is 0 Å². The molecule has 0 bridgehead atoms. The fourth-order valence-electron chi connectivity index (χ4n) is 3.34. The zero-order valence-corrected chi connectivity index (χ0v) is 15.3. The average molecular weight is 394 g/mol. The number of hydrogen-bond acceptors (Lipinski definition) is 7. The van der Waals surface area contributed by atoms with E-state index in [1.165, 1.54) is 30.4 Å². The third-order valence-electron chi connectivity index (χ3n) is 4.72. The summed E-state index contributed by atoms with van der Waals surface area (Å²) in [6.07, 6.45) is 0.732. The number of carbonyl (C=O) groups excluding carboxylic acids is 1. The van der Waals surface area contributed by atoms with Crippen molar-refractivity contribution < 1.29 is 24.0 Å². The van der Waals surface area contributed by atoms with E-state index < -0.39 is 22.5 Å². The van der Waals surface area contributed by atoms with Crippen molar-refractivity contribution in [3.63, 3.8) is 0 Å². The van der Waals surface area contributed by atoms with Crippen molar-refractivity contribution in [1.29, 1.82) is 0 Å². The Balaban J connectivity index is 1.84. The normalized spacial score (nSPS) is 15.6. The third kappa shape index (κ3) is 3.22. The molecular formula is C20H16N3O6-. The summed E-state index contributed by atoms with van der Waals surface area (Å²) in [6.45, 7) is 0.132. The van der Waals surface area contributed by atoms with E-state index in [2.05, 4.69) is 5.32 Å². The number of amides is 1. The van der Waals surface area contributed by atoms with Gasteiger partial charge in [-0.05, 0) is 30.3 Å². The molecule has 0 unspecified atom stereocenters. The summed E-state index contributed by atoms with van der Waals surface area (Å²) in [5, 5.41) is 26.8. The maximum Gasteiger partial charge on any atom is 0.265 e. The molecule has 9 nitrogen and oxygen atoms in total. The molecule has 3 aromatic rings. The van der Waals surface area contributed by atoms with Crippen molar-refractivity contribution in [1.82, 2.24) is 4.90 Å². The summed E-state index contributed by atoms with van der Waals surface area (Å²) in [5.74, 6) is -0.707. The fraction of sp³-hybridized carbons (Fsp3) is 0.150. The number of hydrogen-bond donors (Lipinski definition) is 1. The van der Waals surface area contributed by atoms with Crippen molar-refractivity contribution in [2.75, 3.05) is 12.4 Å². The number of fused-ring (bicyclic) bond motifs is 1. The van der Waals surface area contributed by atoms with Gasteiger partial charge in [0.1, 0.15) is 17.7 Å². The van der Waals surface area contributed by atoms with Crippen LogP contribution in [0, 0.1) is 10.1 Å². The van der Waals surface area contributed by atoms with Gasteiger partial charge >= 0.3 is 0 Å². The minimum absolute atomic E-state index is 0.132. The van der Waals surface area contributed by atoms with Gasteiger partial charge in [0.15, 0.2) is 0 Å². The van der Waals surface area contributed by atoms with Gasteiger partial charge in [-0.15, -0.1) is 0 Å². The molecule has 1 amide bonds. The lowest BCUT2D eigenvalue weighted by atomic mass is 10.0. The molecule has 4 rings (SSSR count). The van der Waals surface area contributed by atoms with Crippen LogP contribution in [-0.2, 0) is 6.54 Å². The Hall–Kier alpha value is -4.01. The van der Waals surface area contributed by atoms with Gasteiger partial charge in [-0.1, -0.05) is 12.1 Å². The van der Waals surface area contributed by atoms with Gasteiger partial charge in [0.05, 0.1) is 30.4 Å². The number of furan rings is 1. The molecule has 1 aliphatic heterocycles. The maximum absolute atomic E-state index is 13.2. The minimum Gasteiger partial charge on any atom is -0.865 e. The number of ether oxygens (including phenoxy) is 1. The van der Waals surface area contributed by atoms with E-state index in [9.17, 15) is 20.0 Å². The number of methoxy groups -OCH3 is 1. The van der Waals surface area contributed by atoms with E-state index in [1.807, 2.05) is 0 Å². The Kier molecular flexibility index (Phi) is 4.55. The van der Waals surface area contributed by atoms with Crippen LogP contribution in [0.15, 0.2) is 59.2 Å².